The molecular formula is C7H10O4. The summed E-state index contributed by atoms with van der Waals surface area (Å²) in [6, 6.07) is 0. The van der Waals surface area contributed by atoms with Crippen LogP contribution in [0.5, 0.6) is 0 Å². The van der Waals surface area contributed by atoms with Gasteiger partial charge in [-0.15, -0.1) is 6.42 Å². The summed E-state index contributed by atoms with van der Waals surface area (Å²) in [6.45, 7) is -0.337. The molecule has 1 fully saturated rings. The number of rotatable bonds is 1. The van der Waals surface area contributed by atoms with Gasteiger partial charge in [0.1, 0.15) is 24.4 Å². The van der Waals surface area contributed by atoms with Crippen LogP contribution in [0.2, 0.25) is 0 Å². The molecule has 4 nitrogen and oxygen atoms in total. The summed E-state index contributed by atoms with van der Waals surface area (Å²) in [6.07, 6.45) is 1.25. The van der Waals surface area contributed by atoms with Crippen LogP contribution in [0, 0.1) is 12.3 Å². The van der Waals surface area contributed by atoms with E-state index in [1.165, 1.54) is 0 Å². The fourth-order valence-electron chi connectivity index (χ4n) is 1.04. The van der Waals surface area contributed by atoms with Crippen LogP contribution in [-0.4, -0.2) is 46.3 Å². The second-order valence-electron chi connectivity index (χ2n) is 2.43. The molecule has 4 atom stereocenters. The average molecular weight is 158 g/mol. The molecule has 0 radical (unpaired) electrons. The van der Waals surface area contributed by atoms with E-state index in [1.54, 1.807) is 0 Å². The first kappa shape index (κ1) is 8.50. The van der Waals surface area contributed by atoms with E-state index in [0.29, 0.717) is 0 Å². The highest BCUT2D eigenvalue weighted by Gasteiger charge is 2.41. The maximum Gasteiger partial charge on any atom is 0.146 e. The van der Waals surface area contributed by atoms with Crippen molar-refractivity contribution in [2.24, 2.45) is 0 Å². The zero-order valence-corrected chi connectivity index (χ0v) is 5.84. The summed E-state index contributed by atoms with van der Waals surface area (Å²) in [5.74, 6) is 2.17. The lowest BCUT2D eigenvalue weighted by Gasteiger charge is -2.09. The van der Waals surface area contributed by atoms with Gasteiger partial charge in [-0.25, -0.2) is 0 Å². The van der Waals surface area contributed by atoms with Crippen LogP contribution >= 0.6 is 0 Å². The van der Waals surface area contributed by atoms with Crippen molar-refractivity contribution in [1.29, 1.82) is 0 Å². The van der Waals surface area contributed by atoms with E-state index in [1.807, 2.05) is 0 Å². The van der Waals surface area contributed by atoms with Crippen molar-refractivity contribution in [3.05, 3.63) is 0 Å². The van der Waals surface area contributed by atoms with Crippen LogP contribution in [0.1, 0.15) is 0 Å². The van der Waals surface area contributed by atoms with Crippen molar-refractivity contribution in [3.63, 3.8) is 0 Å². The molecule has 0 spiro atoms. The van der Waals surface area contributed by atoms with Gasteiger partial charge in [0, 0.05) is 0 Å². The van der Waals surface area contributed by atoms with Crippen LogP contribution in [0.25, 0.3) is 0 Å². The maximum absolute atomic E-state index is 9.13. The zero-order chi connectivity index (χ0) is 8.43. The lowest BCUT2D eigenvalue weighted by Crippen LogP contribution is -2.33. The van der Waals surface area contributed by atoms with Gasteiger partial charge in [0.05, 0.1) is 6.61 Å². The Hall–Kier alpha value is -0.600. The standard InChI is InChI=1S/C7H10O4/c1-2-4-6(9)7(10)5(3-8)11-4/h1,4-10H,3H2. The van der Waals surface area contributed by atoms with Gasteiger partial charge in [0.15, 0.2) is 0 Å². The minimum Gasteiger partial charge on any atom is -0.394 e. The Bertz CT molecular complexity index is 174. The van der Waals surface area contributed by atoms with Crippen LogP contribution in [0.4, 0.5) is 0 Å². The third-order valence-corrected chi connectivity index (χ3v) is 1.71. The molecule has 1 aliphatic rings. The average Bonchev–Trinajstić information content (AvgIpc) is 2.30. The number of hydrogen-bond acceptors (Lipinski definition) is 4. The van der Waals surface area contributed by atoms with Gasteiger partial charge < -0.3 is 20.1 Å². The van der Waals surface area contributed by atoms with Crippen LogP contribution in [0.3, 0.4) is 0 Å². The van der Waals surface area contributed by atoms with E-state index in [9.17, 15) is 0 Å². The van der Waals surface area contributed by atoms with E-state index in [4.69, 9.17) is 26.5 Å². The Morgan fingerprint density at radius 2 is 2.00 bits per heavy atom. The Morgan fingerprint density at radius 1 is 1.36 bits per heavy atom. The molecule has 0 bridgehead atoms. The molecule has 0 aromatic heterocycles. The smallest absolute Gasteiger partial charge is 0.146 e. The van der Waals surface area contributed by atoms with E-state index in [2.05, 4.69) is 5.92 Å². The van der Waals surface area contributed by atoms with Crippen molar-refractivity contribution < 1.29 is 20.1 Å². The summed E-state index contributed by atoms with van der Waals surface area (Å²) in [5, 5.41) is 26.9. The highest BCUT2D eigenvalue weighted by molar-refractivity contribution is 5.06. The van der Waals surface area contributed by atoms with Gasteiger partial charge >= 0.3 is 0 Å². The number of aliphatic hydroxyl groups is 3. The predicted octanol–water partition coefficient (Wildman–Crippen LogP) is -1.90. The molecule has 0 aromatic rings. The number of aliphatic hydroxyl groups excluding tert-OH is 3. The van der Waals surface area contributed by atoms with Crippen molar-refractivity contribution in [2.45, 2.75) is 24.4 Å². The molecule has 62 valence electrons. The lowest BCUT2D eigenvalue weighted by molar-refractivity contribution is -0.0110. The molecule has 4 unspecified atom stereocenters. The molecule has 0 aliphatic carbocycles. The van der Waals surface area contributed by atoms with Gasteiger partial charge in [0.25, 0.3) is 0 Å². The highest BCUT2D eigenvalue weighted by atomic mass is 16.6. The van der Waals surface area contributed by atoms with Gasteiger partial charge in [-0.05, 0) is 0 Å². The molecule has 1 aliphatic heterocycles. The third-order valence-electron chi connectivity index (χ3n) is 1.71. The summed E-state index contributed by atoms with van der Waals surface area (Å²) in [4.78, 5) is 0. The summed E-state index contributed by atoms with van der Waals surface area (Å²) >= 11 is 0. The summed E-state index contributed by atoms with van der Waals surface area (Å²) < 4.78 is 4.90. The maximum atomic E-state index is 9.13. The second-order valence-corrected chi connectivity index (χ2v) is 2.43. The largest absolute Gasteiger partial charge is 0.394 e. The Labute approximate surface area is 64.4 Å². The minimum absolute atomic E-state index is 0.337. The Balaban J connectivity index is 2.62. The second kappa shape index (κ2) is 3.20. The van der Waals surface area contributed by atoms with E-state index >= 15 is 0 Å². The highest BCUT2D eigenvalue weighted by Crippen LogP contribution is 2.19. The normalized spacial score (nSPS) is 43.8. The topological polar surface area (TPSA) is 69.9 Å². The van der Waals surface area contributed by atoms with Gasteiger partial charge in [-0.1, -0.05) is 5.92 Å². The van der Waals surface area contributed by atoms with Crippen LogP contribution < -0.4 is 0 Å². The first-order chi connectivity index (χ1) is 5.20. The van der Waals surface area contributed by atoms with Crippen molar-refractivity contribution in [2.75, 3.05) is 6.61 Å². The predicted molar refractivity (Wildman–Crippen MR) is 36.6 cm³/mol. The molecule has 0 amide bonds. The molecule has 1 rings (SSSR count). The quantitative estimate of drug-likeness (QED) is 0.390. The monoisotopic (exact) mass is 158 g/mol. The molecule has 1 saturated heterocycles. The molecule has 1 heterocycles. The van der Waals surface area contributed by atoms with Gasteiger partial charge in [-0.2, -0.15) is 0 Å². The molecule has 11 heavy (non-hydrogen) atoms. The molecular weight excluding hydrogens is 148 g/mol. The van der Waals surface area contributed by atoms with E-state index in [-0.39, 0.29) is 6.61 Å². The minimum atomic E-state index is -1.09. The van der Waals surface area contributed by atoms with Crippen molar-refractivity contribution >= 4 is 0 Å². The van der Waals surface area contributed by atoms with E-state index in [0.717, 1.165) is 0 Å². The summed E-state index contributed by atoms with van der Waals surface area (Å²) in [7, 11) is 0. The Kier molecular flexibility index (Phi) is 2.47. The van der Waals surface area contributed by atoms with Gasteiger partial charge in [0.2, 0.25) is 0 Å². The molecule has 0 saturated carbocycles. The number of ether oxygens (including phenoxy) is 1. The number of hydrogen-bond donors (Lipinski definition) is 3. The van der Waals surface area contributed by atoms with Gasteiger partial charge in [-0.3, -0.25) is 0 Å². The fraction of sp³-hybridized carbons (Fsp3) is 0.714. The van der Waals surface area contributed by atoms with Crippen LogP contribution in [-0.2, 0) is 4.74 Å². The summed E-state index contributed by atoms with van der Waals surface area (Å²) in [5.41, 5.74) is 0. The first-order valence-corrected chi connectivity index (χ1v) is 3.29. The molecule has 0 aromatic carbocycles. The zero-order valence-electron chi connectivity index (χ0n) is 5.84. The van der Waals surface area contributed by atoms with Crippen molar-refractivity contribution in [1.82, 2.24) is 0 Å². The molecule has 3 N–H and O–H groups in total. The number of terminal acetylenes is 1. The lowest BCUT2D eigenvalue weighted by atomic mass is 10.1. The van der Waals surface area contributed by atoms with Crippen LogP contribution in [0.15, 0.2) is 0 Å². The third kappa shape index (κ3) is 1.37. The Morgan fingerprint density at radius 3 is 2.27 bits per heavy atom. The molecule has 4 heteroatoms. The van der Waals surface area contributed by atoms with E-state index < -0.39 is 24.4 Å². The SMILES string of the molecule is C#CC1OC(CO)C(O)C1O. The first-order valence-electron chi connectivity index (χ1n) is 3.29. The van der Waals surface area contributed by atoms with Crippen molar-refractivity contribution in [3.8, 4) is 12.3 Å². The fourth-order valence-corrected chi connectivity index (χ4v) is 1.04.